The van der Waals surface area contributed by atoms with Crippen molar-refractivity contribution in [3.63, 3.8) is 0 Å². The number of hydrogen-bond donors (Lipinski definition) is 1. The van der Waals surface area contributed by atoms with E-state index in [9.17, 15) is 48.7 Å². The molecule has 0 saturated heterocycles. The lowest BCUT2D eigenvalue weighted by atomic mass is 9.40. The molecular formula is C26H17F10N3O2. The van der Waals surface area contributed by atoms with Crippen LogP contribution in [0.5, 0.6) is 0 Å². The Balaban J connectivity index is 1.47. The molecule has 218 valence electrons. The fourth-order valence-electron chi connectivity index (χ4n) is 5.77. The summed E-state index contributed by atoms with van der Waals surface area (Å²) in [6.07, 6.45) is -17.0. The zero-order chi connectivity index (χ0) is 30.4. The van der Waals surface area contributed by atoms with Crippen LogP contribution >= 0.6 is 0 Å². The van der Waals surface area contributed by atoms with Crippen LogP contribution in [0, 0.1) is 29.5 Å². The number of benzene rings is 2. The van der Waals surface area contributed by atoms with Crippen LogP contribution in [0.1, 0.15) is 63.9 Å². The molecule has 1 N–H and O–H groups in total. The van der Waals surface area contributed by atoms with Crippen molar-refractivity contribution in [3.05, 3.63) is 69.5 Å². The molecular weight excluding hydrogens is 576 g/mol. The summed E-state index contributed by atoms with van der Waals surface area (Å²) in [5.41, 5.74) is -11.9. The highest BCUT2D eigenvalue weighted by Crippen LogP contribution is 2.66. The van der Waals surface area contributed by atoms with Crippen LogP contribution in [0.15, 0.2) is 35.5 Å². The summed E-state index contributed by atoms with van der Waals surface area (Å²) in [5, 5.41) is 15.3. The third-order valence-corrected chi connectivity index (χ3v) is 7.78. The SMILES string of the molecule is Cc1cc(C2=NOC(c3cc(C(F)(F)F)cc(C(F)(F)F)c3F)(C(F)(F)F)C2)ccc1C(=O)NC12CC(C#N)(C1)C2. The second kappa shape index (κ2) is 8.59. The van der Waals surface area contributed by atoms with Gasteiger partial charge in [0, 0.05) is 16.7 Å². The van der Waals surface area contributed by atoms with Gasteiger partial charge in [-0.1, -0.05) is 11.2 Å². The van der Waals surface area contributed by atoms with Gasteiger partial charge in [0.2, 0.25) is 0 Å². The number of hydrogen-bond acceptors (Lipinski definition) is 4. The van der Waals surface area contributed by atoms with Crippen molar-refractivity contribution in [2.45, 2.75) is 62.3 Å². The van der Waals surface area contributed by atoms with E-state index in [0.717, 1.165) is 0 Å². The van der Waals surface area contributed by atoms with E-state index >= 15 is 0 Å². The highest BCUT2D eigenvalue weighted by atomic mass is 19.4. The first-order valence-electron chi connectivity index (χ1n) is 11.9. The molecule has 3 fully saturated rings. The summed E-state index contributed by atoms with van der Waals surface area (Å²) in [4.78, 5) is 17.3. The average molecular weight is 593 g/mol. The molecule has 0 spiro atoms. The molecule has 15 heteroatoms. The summed E-state index contributed by atoms with van der Waals surface area (Å²) in [6, 6.07) is 4.90. The van der Waals surface area contributed by atoms with Crippen LogP contribution in [-0.4, -0.2) is 23.3 Å². The summed E-state index contributed by atoms with van der Waals surface area (Å²) in [6.45, 7) is 1.45. The van der Waals surface area contributed by atoms with E-state index in [-0.39, 0.29) is 22.8 Å². The molecule has 2 aromatic carbocycles. The fraction of sp³-hybridized carbons (Fsp3) is 0.423. The number of carbonyl (C=O) groups is 1. The normalized spacial score (nSPS) is 27.2. The molecule has 5 nitrogen and oxygen atoms in total. The Morgan fingerprint density at radius 3 is 2.15 bits per heavy atom. The topological polar surface area (TPSA) is 74.5 Å². The molecule has 2 aromatic rings. The third kappa shape index (κ3) is 4.47. The highest BCUT2D eigenvalue weighted by Gasteiger charge is 2.69. The first kappa shape index (κ1) is 28.7. The number of nitriles is 1. The number of nitrogens with zero attached hydrogens (tertiary/aromatic N) is 2. The first-order valence-corrected chi connectivity index (χ1v) is 11.9. The quantitative estimate of drug-likeness (QED) is 0.391. The number of aryl methyl sites for hydroxylation is 1. The number of amides is 1. The van der Waals surface area contributed by atoms with Crippen molar-refractivity contribution in [2.24, 2.45) is 10.6 Å². The molecule has 4 aliphatic rings. The van der Waals surface area contributed by atoms with E-state index in [0.29, 0.717) is 19.3 Å². The van der Waals surface area contributed by atoms with Gasteiger partial charge >= 0.3 is 18.5 Å². The van der Waals surface area contributed by atoms with Gasteiger partial charge in [0.05, 0.1) is 34.7 Å². The number of nitrogens with one attached hydrogen (secondary N) is 1. The molecule has 1 heterocycles. The van der Waals surface area contributed by atoms with E-state index in [1.807, 2.05) is 0 Å². The second-order valence-electron chi connectivity index (χ2n) is 10.7. The Hall–Kier alpha value is -3.83. The third-order valence-electron chi connectivity index (χ3n) is 7.78. The summed E-state index contributed by atoms with van der Waals surface area (Å²) >= 11 is 0. The average Bonchev–Trinajstić information content (AvgIpc) is 3.25. The largest absolute Gasteiger partial charge is 0.435 e. The molecule has 1 atom stereocenters. The fourth-order valence-corrected chi connectivity index (χ4v) is 5.77. The lowest BCUT2D eigenvalue weighted by molar-refractivity contribution is -0.277. The smallest absolute Gasteiger partial charge is 0.374 e. The van der Waals surface area contributed by atoms with Crippen molar-refractivity contribution in [1.29, 1.82) is 5.26 Å². The van der Waals surface area contributed by atoms with Gasteiger partial charge in [-0.3, -0.25) is 4.79 Å². The van der Waals surface area contributed by atoms with Crippen molar-refractivity contribution in [3.8, 4) is 6.07 Å². The van der Waals surface area contributed by atoms with E-state index < -0.39 is 81.7 Å². The molecule has 3 saturated carbocycles. The lowest BCUT2D eigenvalue weighted by Crippen LogP contribution is -2.74. The number of carbonyl (C=O) groups excluding carboxylic acids is 1. The molecule has 0 aromatic heterocycles. The molecule has 1 unspecified atom stereocenters. The highest BCUT2D eigenvalue weighted by molar-refractivity contribution is 6.03. The minimum absolute atomic E-state index is 0.0810. The van der Waals surface area contributed by atoms with E-state index in [1.165, 1.54) is 25.1 Å². The molecule has 2 bridgehead atoms. The predicted molar refractivity (Wildman–Crippen MR) is 120 cm³/mol. The Labute approximate surface area is 224 Å². The maximum Gasteiger partial charge on any atom is 0.435 e. The van der Waals surface area contributed by atoms with Crippen molar-refractivity contribution < 1.29 is 53.5 Å². The van der Waals surface area contributed by atoms with Gasteiger partial charge in [-0.05, 0) is 61.6 Å². The Kier molecular flexibility index (Phi) is 6.01. The maximum atomic E-state index is 14.9. The minimum Gasteiger partial charge on any atom is -0.374 e. The Bertz CT molecular complexity index is 1510. The van der Waals surface area contributed by atoms with Crippen LogP contribution in [-0.2, 0) is 22.8 Å². The van der Waals surface area contributed by atoms with Crippen LogP contribution in [0.3, 0.4) is 0 Å². The number of alkyl halides is 9. The van der Waals surface area contributed by atoms with E-state index in [4.69, 9.17) is 5.26 Å². The van der Waals surface area contributed by atoms with Crippen LogP contribution in [0.2, 0.25) is 0 Å². The van der Waals surface area contributed by atoms with Gasteiger partial charge in [-0.15, -0.1) is 0 Å². The summed E-state index contributed by atoms with van der Waals surface area (Å²) in [7, 11) is 0. The van der Waals surface area contributed by atoms with Crippen molar-refractivity contribution >= 4 is 11.6 Å². The number of halogens is 10. The van der Waals surface area contributed by atoms with Gasteiger partial charge in [0.25, 0.3) is 11.5 Å². The van der Waals surface area contributed by atoms with Crippen molar-refractivity contribution in [2.75, 3.05) is 0 Å². The second-order valence-corrected chi connectivity index (χ2v) is 10.7. The van der Waals surface area contributed by atoms with Gasteiger partial charge in [-0.25, -0.2) is 4.39 Å². The summed E-state index contributed by atoms with van der Waals surface area (Å²) < 4.78 is 138. The minimum atomic E-state index is -5.75. The Morgan fingerprint density at radius 1 is 1.00 bits per heavy atom. The lowest BCUT2D eigenvalue weighted by Gasteiger charge is -2.67. The molecule has 0 radical (unpaired) electrons. The molecule has 1 aliphatic heterocycles. The van der Waals surface area contributed by atoms with Gasteiger partial charge in [-0.2, -0.15) is 44.8 Å². The Morgan fingerprint density at radius 2 is 1.63 bits per heavy atom. The standard InChI is InChI=1S/C26H17F10N3O2/c1-12-4-13(2-3-15(12)20(40)38-22-8-21(9-22,10-22)11-37)18-7-23(41-39-18,26(34,35)36)16-5-14(24(28,29)30)6-17(19(16)27)25(31,32)33/h2-6H,7-10H2,1H3,(H,38,40). The van der Waals surface area contributed by atoms with Crippen LogP contribution in [0.4, 0.5) is 43.9 Å². The number of rotatable bonds is 4. The summed E-state index contributed by atoms with van der Waals surface area (Å²) in [5.74, 6) is -3.07. The zero-order valence-corrected chi connectivity index (χ0v) is 20.7. The predicted octanol–water partition coefficient (Wildman–Crippen LogP) is 6.93. The van der Waals surface area contributed by atoms with Gasteiger partial charge in [0.15, 0.2) is 0 Å². The number of oxime groups is 1. The monoisotopic (exact) mass is 593 g/mol. The molecule has 41 heavy (non-hydrogen) atoms. The first-order chi connectivity index (χ1) is 18.7. The van der Waals surface area contributed by atoms with Crippen LogP contribution in [0.25, 0.3) is 0 Å². The molecule has 3 aliphatic carbocycles. The maximum absolute atomic E-state index is 14.9. The van der Waals surface area contributed by atoms with Crippen molar-refractivity contribution in [1.82, 2.24) is 5.32 Å². The van der Waals surface area contributed by atoms with Crippen LogP contribution < -0.4 is 5.32 Å². The van der Waals surface area contributed by atoms with Gasteiger partial charge < -0.3 is 10.2 Å². The van der Waals surface area contributed by atoms with E-state index in [2.05, 4.69) is 21.4 Å². The van der Waals surface area contributed by atoms with E-state index in [1.54, 1.807) is 0 Å². The molecule has 1 amide bonds. The van der Waals surface area contributed by atoms with Gasteiger partial charge in [0.1, 0.15) is 5.82 Å². The zero-order valence-electron chi connectivity index (χ0n) is 20.7. The molecule has 6 rings (SSSR count).